The van der Waals surface area contributed by atoms with E-state index in [1.807, 2.05) is 60.7 Å². The minimum atomic E-state index is 0.0983. The quantitative estimate of drug-likeness (QED) is 0.391. The van der Waals surface area contributed by atoms with E-state index >= 15 is 0 Å². The molecule has 1 amide bonds. The van der Waals surface area contributed by atoms with Crippen molar-refractivity contribution in [3.05, 3.63) is 131 Å². The Morgan fingerprint density at radius 2 is 1.23 bits per heavy atom. The monoisotopic (exact) mass is 403 g/mol. The zero-order chi connectivity index (χ0) is 21.0. The van der Waals surface area contributed by atoms with Gasteiger partial charge in [0.15, 0.2) is 0 Å². The number of benzene rings is 4. The molecular formula is C29H25NO. The number of carbonyl (C=O) groups excluding carboxylic acids is 1. The Morgan fingerprint density at radius 1 is 0.677 bits per heavy atom. The van der Waals surface area contributed by atoms with Crippen molar-refractivity contribution in [2.45, 2.75) is 25.4 Å². The molecule has 0 heterocycles. The van der Waals surface area contributed by atoms with E-state index in [2.05, 4.69) is 53.4 Å². The normalized spacial score (nSPS) is 13.0. The van der Waals surface area contributed by atoms with Crippen LogP contribution in [0.15, 0.2) is 109 Å². The molecule has 1 aliphatic carbocycles. The molecule has 0 N–H and O–H groups in total. The summed E-state index contributed by atoms with van der Waals surface area (Å²) in [6, 6.07) is 37.2. The van der Waals surface area contributed by atoms with Crippen LogP contribution in [0.25, 0.3) is 11.1 Å². The number of nitrogens with zero attached hydrogens (tertiary/aromatic N) is 1. The van der Waals surface area contributed by atoms with Gasteiger partial charge >= 0.3 is 0 Å². The fraction of sp³-hybridized carbons (Fsp3) is 0.138. The van der Waals surface area contributed by atoms with Gasteiger partial charge in [-0.15, -0.1) is 0 Å². The van der Waals surface area contributed by atoms with Crippen LogP contribution in [0.5, 0.6) is 0 Å². The highest BCUT2D eigenvalue weighted by Crippen LogP contribution is 2.30. The topological polar surface area (TPSA) is 20.3 Å². The van der Waals surface area contributed by atoms with Crippen molar-refractivity contribution in [2.24, 2.45) is 0 Å². The highest BCUT2D eigenvalue weighted by atomic mass is 16.2. The molecule has 4 aromatic rings. The molecule has 5 rings (SSSR count). The van der Waals surface area contributed by atoms with E-state index in [9.17, 15) is 4.79 Å². The highest BCUT2D eigenvalue weighted by Gasteiger charge is 2.31. The second kappa shape index (κ2) is 8.61. The number of hydrogen-bond donors (Lipinski definition) is 0. The van der Waals surface area contributed by atoms with Crippen molar-refractivity contribution < 1.29 is 4.79 Å². The number of amides is 1. The lowest BCUT2D eigenvalue weighted by Gasteiger charge is -2.30. The first-order valence-corrected chi connectivity index (χ1v) is 10.9. The molecule has 152 valence electrons. The van der Waals surface area contributed by atoms with Crippen molar-refractivity contribution in [3.8, 4) is 11.1 Å². The van der Waals surface area contributed by atoms with E-state index < -0.39 is 0 Å². The SMILES string of the molecule is O=C(c1ccccc1-c1ccccc1)N(Cc1ccccc1)C1Cc2ccccc2C1. The summed E-state index contributed by atoms with van der Waals surface area (Å²) in [7, 11) is 0. The van der Waals surface area contributed by atoms with Crippen LogP contribution in [-0.4, -0.2) is 16.8 Å². The van der Waals surface area contributed by atoms with Crippen molar-refractivity contribution in [1.82, 2.24) is 4.90 Å². The first-order valence-electron chi connectivity index (χ1n) is 10.9. The molecule has 0 atom stereocenters. The largest absolute Gasteiger partial charge is 0.331 e. The molecule has 2 nitrogen and oxygen atoms in total. The van der Waals surface area contributed by atoms with E-state index in [1.165, 1.54) is 11.1 Å². The van der Waals surface area contributed by atoms with E-state index in [0.717, 1.165) is 35.1 Å². The van der Waals surface area contributed by atoms with Gasteiger partial charge in [-0.2, -0.15) is 0 Å². The van der Waals surface area contributed by atoms with Crippen LogP contribution in [-0.2, 0) is 19.4 Å². The maximum absolute atomic E-state index is 14.0. The second-order valence-corrected chi connectivity index (χ2v) is 8.16. The van der Waals surface area contributed by atoms with Gasteiger partial charge in [-0.1, -0.05) is 103 Å². The minimum absolute atomic E-state index is 0.0983. The van der Waals surface area contributed by atoms with E-state index in [-0.39, 0.29) is 11.9 Å². The molecule has 0 unspecified atom stereocenters. The van der Waals surface area contributed by atoms with Crippen LogP contribution in [0.3, 0.4) is 0 Å². The van der Waals surface area contributed by atoms with Crippen molar-refractivity contribution in [2.75, 3.05) is 0 Å². The summed E-state index contributed by atoms with van der Waals surface area (Å²) in [6.45, 7) is 0.613. The Hall–Kier alpha value is -3.65. The Bertz CT molecular complexity index is 1160. The molecule has 31 heavy (non-hydrogen) atoms. The summed E-state index contributed by atoms with van der Waals surface area (Å²) in [5.74, 6) is 0.0983. The summed E-state index contributed by atoms with van der Waals surface area (Å²) >= 11 is 0. The van der Waals surface area contributed by atoms with Gasteiger partial charge in [0.2, 0.25) is 0 Å². The van der Waals surface area contributed by atoms with Gasteiger partial charge in [0.25, 0.3) is 5.91 Å². The van der Waals surface area contributed by atoms with Crippen LogP contribution < -0.4 is 0 Å². The Labute approximate surface area is 183 Å². The standard InChI is InChI=1S/C29H25NO/c31-29(28-18-10-9-17-27(28)23-13-5-2-6-14-23)30(21-22-11-3-1-4-12-22)26-19-24-15-7-8-16-25(24)20-26/h1-18,26H,19-21H2. The Morgan fingerprint density at radius 3 is 1.90 bits per heavy atom. The molecule has 1 aliphatic rings. The van der Waals surface area contributed by atoms with Crippen LogP contribution in [0.1, 0.15) is 27.0 Å². The summed E-state index contributed by atoms with van der Waals surface area (Å²) in [5, 5.41) is 0. The van der Waals surface area contributed by atoms with E-state index in [4.69, 9.17) is 0 Å². The van der Waals surface area contributed by atoms with Gasteiger partial charge in [0.1, 0.15) is 0 Å². The maximum Gasteiger partial charge on any atom is 0.255 e. The lowest BCUT2D eigenvalue weighted by Crippen LogP contribution is -2.40. The number of carbonyl (C=O) groups is 1. The van der Waals surface area contributed by atoms with Crippen molar-refractivity contribution in [1.29, 1.82) is 0 Å². The predicted molar refractivity (Wildman–Crippen MR) is 126 cm³/mol. The third kappa shape index (κ3) is 4.02. The molecule has 0 spiro atoms. The van der Waals surface area contributed by atoms with Crippen LogP contribution in [0, 0.1) is 0 Å². The maximum atomic E-state index is 14.0. The van der Waals surface area contributed by atoms with E-state index in [1.54, 1.807) is 0 Å². The minimum Gasteiger partial charge on any atom is -0.331 e. The third-order valence-electron chi connectivity index (χ3n) is 6.17. The van der Waals surface area contributed by atoms with E-state index in [0.29, 0.717) is 6.54 Å². The molecule has 4 aromatic carbocycles. The summed E-state index contributed by atoms with van der Waals surface area (Å²) < 4.78 is 0. The molecular weight excluding hydrogens is 378 g/mol. The van der Waals surface area contributed by atoms with Gasteiger partial charge in [-0.05, 0) is 46.7 Å². The average Bonchev–Trinajstić information content (AvgIpc) is 3.27. The molecule has 0 aromatic heterocycles. The first kappa shape index (κ1) is 19.3. The van der Waals surface area contributed by atoms with Crippen LogP contribution in [0.2, 0.25) is 0 Å². The summed E-state index contributed by atoms with van der Waals surface area (Å²) in [6.07, 6.45) is 1.81. The molecule has 0 saturated carbocycles. The van der Waals surface area contributed by atoms with Gasteiger partial charge in [0.05, 0.1) is 0 Å². The van der Waals surface area contributed by atoms with Crippen LogP contribution in [0.4, 0.5) is 0 Å². The average molecular weight is 404 g/mol. The summed E-state index contributed by atoms with van der Waals surface area (Å²) in [5.41, 5.74) is 6.69. The zero-order valence-electron chi connectivity index (χ0n) is 17.4. The summed E-state index contributed by atoms with van der Waals surface area (Å²) in [4.78, 5) is 16.1. The third-order valence-corrected chi connectivity index (χ3v) is 6.17. The highest BCUT2D eigenvalue weighted by molar-refractivity contribution is 6.01. The smallest absolute Gasteiger partial charge is 0.255 e. The van der Waals surface area contributed by atoms with Crippen molar-refractivity contribution >= 4 is 5.91 Å². The van der Waals surface area contributed by atoms with Gasteiger partial charge in [0, 0.05) is 18.2 Å². The number of hydrogen-bond acceptors (Lipinski definition) is 1. The number of rotatable bonds is 5. The lowest BCUT2D eigenvalue weighted by atomic mass is 9.98. The molecule has 0 bridgehead atoms. The Kier molecular flexibility index (Phi) is 5.37. The van der Waals surface area contributed by atoms with Gasteiger partial charge in [-0.25, -0.2) is 0 Å². The molecule has 0 aliphatic heterocycles. The lowest BCUT2D eigenvalue weighted by molar-refractivity contribution is 0.0668. The van der Waals surface area contributed by atoms with Gasteiger partial charge in [-0.3, -0.25) is 4.79 Å². The second-order valence-electron chi connectivity index (χ2n) is 8.16. The predicted octanol–water partition coefficient (Wildman–Crippen LogP) is 6.16. The molecule has 0 saturated heterocycles. The zero-order valence-corrected chi connectivity index (χ0v) is 17.4. The molecule has 0 fully saturated rings. The van der Waals surface area contributed by atoms with Crippen LogP contribution >= 0.6 is 0 Å². The van der Waals surface area contributed by atoms with Gasteiger partial charge < -0.3 is 4.90 Å². The molecule has 0 radical (unpaired) electrons. The Balaban J connectivity index is 1.52. The fourth-order valence-corrected chi connectivity index (χ4v) is 4.60. The molecule has 2 heteroatoms. The first-order chi connectivity index (χ1) is 15.3. The van der Waals surface area contributed by atoms with Crippen molar-refractivity contribution in [3.63, 3.8) is 0 Å². The fourth-order valence-electron chi connectivity index (χ4n) is 4.60. The number of fused-ring (bicyclic) bond motifs is 1.